The second-order valence-electron chi connectivity index (χ2n) is 3.83. The third-order valence-corrected chi connectivity index (χ3v) is 4.16. The molecule has 86 valence electrons. The summed E-state index contributed by atoms with van der Waals surface area (Å²) in [5.74, 6) is 0.131. The Morgan fingerprint density at radius 1 is 1.50 bits per heavy atom. The summed E-state index contributed by atoms with van der Waals surface area (Å²) in [7, 11) is 0. The molecule has 0 aliphatic carbocycles. The summed E-state index contributed by atoms with van der Waals surface area (Å²) < 4.78 is 13.5. The molecule has 1 fully saturated rings. The van der Waals surface area contributed by atoms with Crippen molar-refractivity contribution in [3.8, 4) is 0 Å². The first kappa shape index (κ1) is 12.0. The lowest BCUT2D eigenvalue weighted by Crippen LogP contribution is -2.24. The topological polar surface area (TPSA) is 20.3 Å². The number of halogens is 3. The number of nitrogens with zero attached hydrogens (tertiary/aromatic N) is 1. The zero-order valence-electron chi connectivity index (χ0n) is 8.42. The van der Waals surface area contributed by atoms with Gasteiger partial charge in [0.1, 0.15) is 5.82 Å². The molecule has 0 radical (unpaired) electrons. The van der Waals surface area contributed by atoms with Crippen molar-refractivity contribution >= 4 is 43.5 Å². The van der Waals surface area contributed by atoms with Crippen molar-refractivity contribution in [3.63, 3.8) is 0 Å². The lowest BCUT2D eigenvalue weighted by Gasteiger charge is -2.16. The molecule has 1 aromatic carbocycles. The smallest absolute Gasteiger partial charge is 0.227 e. The maximum atomic E-state index is 13.1. The number of rotatable bonds is 2. The molecule has 1 saturated heterocycles. The van der Waals surface area contributed by atoms with Crippen molar-refractivity contribution in [2.24, 2.45) is 5.92 Å². The summed E-state index contributed by atoms with van der Waals surface area (Å²) in [6.45, 7) is 0.697. The van der Waals surface area contributed by atoms with Crippen LogP contribution >= 0.6 is 31.9 Å². The van der Waals surface area contributed by atoms with Crippen LogP contribution in [-0.2, 0) is 4.79 Å². The van der Waals surface area contributed by atoms with Crippen molar-refractivity contribution in [2.45, 2.75) is 6.42 Å². The highest BCUT2D eigenvalue weighted by Gasteiger charge is 2.29. The number of hydrogen-bond donors (Lipinski definition) is 0. The fourth-order valence-corrected chi connectivity index (χ4v) is 2.59. The zero-order valence-corrected chi connectivity index (χ0v) is 11.6. The molecule has 1 aromatic rings. The average Bonchev–Trinajstić information content (AvgIpc) is 2.64. The molecule has 0 bridgehead atoms. The molecule has 1 unspecified atom stereocenters. The molecule has 0 aromatic heterocycles. The molecular weight excluding hydrogens is 341 g/mol. The molecule has 1 aliphatic rings. The van der Waals surface area contributed by atoms with Crippen LogP contribution in [0.4, 0.5) is 10.1 Å². The first-order valence-corrected chi connectivity index (χ1v) is 6.84. The molecule has 0 N–H and O–H groups in total. The Bertz CT molecular complexity index is 424. The average molecular weight is 351 g/mol. The number of anilines is 1. The van der Waals surface area contributed by atoms with Gasteiger partial charge in [-0.05, 0) is 40.0 Å². The van der Waals surface area contributed by atoms with E-state index in [0.29, 0.717) is 23.4 Å². The Morgan fingerprint density at radius 2 is 2.25 bits per heavy atom. The predicted octanol–water partition coefficient (Wildman–Crippen LogP) is 3.34. The molecule has 2 rings (SSSR count). The summed E-state index contributed by atoms with van der Waals surface area (Å²) in [5, 5.41) is 0.817. The van der Waals surface area contributed by atoms with E-state index >= 15 is 0 Å². The molecule has 1 aliphatic heterocycles. The van der Waals surface area contributed by atoms with Crippen LogP contribution in [0.25, 0.3) is 0 Å². The van der Waals surface area contributed by atoms with Crippen molar-refractivity contribution < 1.29 is 9.18 Å². The van der Waals surface area contributed by atoms with E-state index < -0.39 is 0 Å². The van der Waals surface area contributed by atoms with Crippen LogP contribution in [0.5, 0.6) is 0 Å². The minimum Gasteiger partial charge on any atom is -0.312 e. The van der Waals surface area contributed by atoms with Crippen LogP contribution in [0.3, 0.4) is 0 Å². The van der Waals surface area contributed by atoms with Crippen molar-refractivity contribution in [2.75, 3.05) is 16.8 Å². The summed E-state index contributed by atoms with van der Waals surface area (Å²) in [4.78, 5) is 13.4. The quantitative estimate of drug-likeness (QED) is 0.749. The normalized spacial score (nSPS) is 20.6. The van der Waals surface area contributed by atoms with Crippen LogP contribution < -0.4 is 4.90 Å². The van der Waals surface area contributed by atoms with Crippen molar-refractivity contribution in [1.29, 1.82) is 0 Å². The van der Waals surface area contributed by atoms with Gasteiger partial charge in [0.25, 0.3) is 0 Å². The molecular formula is C11H10Br2FNO. The number of carbonyl (C=O) groups is 1. The number of amides is 1. The standard InChI is InChI=1S/C11H10Br2FNO/c12-5-7-3-11(16)15(6-7)8-1-2-10(14)9(13)4-8/h1-2,4,7H,3,5-6H2. The first-order chi connectivity index (χ1) is 7.61. The van der Waals surface area contributed by atoms with Gasteiger partial charge in [-0.15, -0.1) is 0 Å². The van der Waals surface area contributed by atoms with E-state index in [1.165, 1.54) is 6.07 Å². The monoisotopic (exact) mass is 349 g/mol. The number of carbonyl (C=O) groups excluding carboxylic acids is 1. The number of hydrogen-bond acceptors (Lipinski definition) is 1. The maximum absolute atomic E-state index is 13.1. The Morgan fingerprint density at radius 3 is 2.81 bits per heavy atom. The van der Waals surface area contributed by atoms with Crippen LogP contribution in [-0.4, -0.2) is 17.8 Å². The third kappa shape index (κ3) is 2.30. The van der Waals surface area contributed by atoms with E-state index in [1.807, 2.05) is 0 Å². The number of alkyl halides is 1. The van der Waals surface area contributed by atoms with Crippen molar-refractivity contribution in [1.82, 2.24) is 0 Å². The van der Waals surface area contributed by atoms with Crippen LogP contribution in [0.1, 0.15) is 6.42 Å². The Balaban J connectivity index is 2.24. The van der Waals surface area contributed by atoms with Crippen LogP contribution in [0.2, 0.25) is 0 Å². The van der Waals surface area contributed by atoms with Gasteiger partial charge in [0.2, 0.25) is 5.91 Å². The van der Waals surface area contributed by atoms with Crippen molar-refractivity contribution in [3.05, 3.63) is 28.5 Å². The molecule has 1 atom stereocenters. The molecule has 5 heteroatoms. The Hall–Kier alpha value is -0.420. The van der Waals surface area contributed by atoms with Gasteiger partial charge < -0.3 is 4.90 Å². The van der Waals surface area contributed by atoms with Gasteiger partial charge in [-0.25, -0.2) is 4.39 Å². The van der Waals surface area contributed by atoms with Gasteiger partial charge in [-0.3, -0.25) is 4.79 Å². The van der Waals surface area contributed by atoms with Gasteiger partial charge in [0.15, 0.2) is 0 Å². The second kappa shape index (κ2) is 4.84. The molecule has 16 heavy (non-hydrogen) atoms. The van der Waals surface area contributed by atoms with E-state index in [2.05, 4.69) is 31.9 Å². The largest absolute Gasteiger partial charge is 0.312 e. The fraction of sp³-hybridized carbons (Fsp3) is 0.364. The maximum Gasteiger partial charge on any atom is 0.227 e. The second-order valence-corrected chi connectivity index (χ2v) is 5.33. The van der Waals surface area contributed by atoms with E-state index in [4.69, 9.17) is 0 Å². The highest BCUT2D eigenvalue weighted by molar-refractivity contribution is 9.10. The van der Waals surface area contributed by atoms with Gasteiger partial charge in [0, 0.05) is 24.0 Å². The van der Waals surface area contributed by atoms with E-state index in [1.54, 1.807) is 17.0 Å². The molecule has 1 heterocycles. The lowest BCUT2D eigenvalue weighted by molar-refractivity contribution is -0.117. The Kier molecular flexibility index (Phi) is 3.64. The predicted molar refractivity (Wildman–Crippen MR) is 68.4 cm³/mol. The summed E-state index contributed by atoms with van der Waals surface area (Å²) >= 11 is 6.50. The highest BCUT2D eigenvalue weighted by atomic mass is 79.9. The van der Waals surface area contributed by atoms with Gasteiger partial charge in [0.05, 0.1) is 4.47 Å². The van der Waals surface area contributed by atoms with Gasteiger partial charge >= 0.3 is 0 Å². The zero-order chi connectivity index (χ0) is 11.7. The summed E-state index contributed by atoms with van der Waals surface area (Å²) in [5.41, 5.74) is 0.752. The first-order valence-electron chi connectivity index (χ1n) is 4.93. The third-order valence-electron chi connectivity index (χ3n) is 2.64. The minimum absolute atomic E-state index is 0.1000. The van der Waals surface area contributed by atoms with Crippen LogP contribution in [0, 0.1) is 11.7 Å². The van der Waals surface area contributed by atoms with E-state index in [0.717, 1.165) is 11.0 Å². The molecule has 0 spiro atoms. The number of benzene rings is 1. The molecule has 0 saturated carbocycles. The summed E-state index contributed by atoms with van der Waals surface area (Å²) in [6.07, 6.45) is 0.556. The van der Waals surface area contributed by atoms with Gasteiger partial charge in [-0.2, -0.15) is 0 Å². The van der Waals surface area contributed by atoms with E-state index in [9.17, 15) is 9.18 Å². The van der Waals surface area contributed by atoms with E-state index in [-0.39, 0.29) is 11.7 Å². The molecule has 2 nitrogen and oxygen atoms in total. The lowest BCUT2D eigenvalue weighted by atomic mass is 10.2. The fourth-order valence-electron chi connectivity index (χ4n) is 1.79. The Labute approximate surface area is 110 Å². The van der Waals surface area contributed by atoms with Gasteiger partial charge in [-0.1, -0.05) is 15.9 Å². The SMILES string of the molecule is O=C1CC(CBr)CN1c1ccc(F)c(Br)c1. The summed E-state index contributed by atoms with van der Waals surface area (Å²) in [6, 6.07) is 4.65. The minimum atomic E-state index is -0.313. The van der Waals surface area contributed by atoms with Crippen LogP contribution in [0.15, 0.2) is 22.7 Å². The highest BCUT2D eigenvalue weighted by Crippen LogP contribution is 2.29. The molecule has 1 amide bonds.